The predicted molar refractivity (Wildman–Crippen MR) is 84.7 cm³/mol. The molecule has 1 aromatic rings. The minimum atomic E-state index is -0.890. The van der Waals surface area contributed by atoms with Crippen LogP contribution in [0, 0.1) is 11.3 Å². The van der Waals surface area contributed by atoms with Crippen LogP contribution in [0.25, 0.3) is 0 Å². The molecule has 2 aliphatic heterocycles. The van der Waals surface area contributed by atoms with Crippen LogP contribution < -0.4 is 4.90 Å². The molecule has 3 fully saturated rings. The summed E-state index contributed by atoms with van der Waals surface area (Å²) in [5.41, 5.74) is 0.257. The van der Waals surface area contributed by atoms with E-state index in [0.29, 0.717) is 6.42 Å². The number of halogens is 1. The molecule has 6 heteroatoms. The SMILES string of the molecule is O=C([C@@H]1C[C@H]1F)N1CCC2(CCCN(c3ncccn3)C2)CC1. The van der Waals surface area contributed by atoms with Gasteiger partial charge in [-0.1, -0.05) is 0 Å². The van der Waals surface area contributed by atoms with E-state index in [1.54, 1.807) is 12.4 Å². The molecule has 4 rings (SSSR count). The van der Waals surface area contributed by atoms with Crippen molar-refractivity contribution >= 4 is 11.9 Å². The van der Waals surface area contributed by atoms with Gasteiger partial charge in [-0.15, -0.1) is 0 Å². The van der Waals surface area contributed by atoms with E-state index in [9.17, 15) is 9.18 Å². The van der Waals surface area contributed by atoms with Gasteiger partial charge in [-0.25, -0.2) is 14.4 Å². The zero-order valence-corrected chi connectivity index (χ0v) is 13.3. The Morgan fingerprint density at radius 2 is 1.87 bits per heavy atom. The third kappa shape index (κ3) is 2.91. The third-order valence-corrected chi connectivity index (χ3v) is 5.66. The number of hydrogen-bond donors (Lipinski definition) is 0. The molecule has 3 aliphatic rings. The van der Waals surface area contributed by atoms with Gasteiger partial charge in [-0.05, 0) is 43.6 Å². The van der Waals surface area contributed by atoms with Gasteiger partial charge in [0.15, 0.2) is 0 Å². The molecular formula is C17H23FN4O. The van der Waals surface area contributed by atoms with Crippen molar-refractivity contribution in [2.45, 2.75) is 38.3 Å². The second-order valence-corrected chi connectivity index (χ2v) is 7.26. The highest BCUT2D eigenvalue weighted by atomic mass is 19.1. The Bertz CT molecular complexity index is 573. The van der Waals surface area contributed by atoms with Crippen LogP contribution in [0.3, 0.4) is 0 Å². The van der Waals surface area contributed by atoms with E-state index in [0.717, 1.165) is 51.4 Å². The molecule has 0 unspecified atom stereocenters. The number of nitrogens with zero attached hydrogens (tertiary/aromatic N) is 4. The molecule has 1 saturated carbocycles. The fraction of sp³-hybridized carbons (Fsp3) is 0.706. The van der Waals surface area contributed by atoms with Gasteiger partial charge >= 0.3 is 0 Å². The van der Waals surface area contributed by atoms with Crippen molar-refractivity contribution in [3.05, 3.63) is 18.5 Å². The molecule has 0 bridgehead atoms. The first kappa shape index (κ1) is 14.8. The van der Waals surface area contributed by atoms with Gasteiger partial charge in [-0.3, -0.25) is 4.79 Å². The highest BCUT2D eigenvalue weighted by Crippen LogP contribution is 2.42. The van der Waals surface area contributed by atoms with Crippen LogP contribution in [0.5, 0.6) is 0 Å². The van der Waals surface area contributed by atoms with Crippen molar-refractivity contribution in [3.63, 3.8) is 0 Å². The minimum absolute atomic E-state index is 0.0337. The summed E-state index contributed by atoms with van der Waals surface area (Å²) in [6, 6.07) is 1.84. The number of amides is 1. The van der Waals surface area contributed by atoms with Crippen LogP contribution in [0.2, 0.25) is 0 Å². The van der Waals surface area contributed by atoms with Crippen molar-refractivity contribution in [1.82, 2.24) is 14.9 Å². The van der Waals surface area contributed by atoms with Crippen molar-refractivity contribution in [3.8, 4) is 0 Å². The lowest BCUT2D eigenvalue weighted by molar-refractivity contribution is -0.135. The van der Waals surface area contributed by atoms with Gasteiger partial charge in [0.25, 0.3) is 0 Å². The van der Waals surface area contributed by atoms with Gasteiger partial charge in [-0.2, -0.15) is 0 Å². The van der Waals surface area contributed by atoms with Crippen LogP contribution >= 0.6 is 0 Å². The second-order valence-electron chi connectivity index (χ2n) is 7.26. The minimum Gasteiger partial charge on any atom is -0.342 e. The molecule has 23 heavy (non-hydrogen) atoms. The fourth-order valence-electron chi connectivity index (χ4n) is 4.10. The van der Waals surface area contributed by atoms with Crippen molar-refractivity contribution in [1.29, 1.82) is 0 Å². The van der Waals surface area contributed by atoms with Crippen LogP contribution in [0.15, 0.2) is 18.5 Å². The number of hydrogen-bond acceptors (Lipinski definition) is 4. The zero-order chi connectivity index (χ0) is 15.9. The highest BCUT2D eigenvalue weighted by Gasteiger charge is 2.47. The number of aromatic nitrogens is 2. The first-order valence-electron chi connectivity index (χ1n) is 8.62. The van der Waals surface area contributed by atoms with Crippen LogP contribution in [-0.2, 0) is 4.79 Å². The number of likely N-dealkylation sites (tertiary alicyclic amines) is 1. The van der Waals surface area contributed by atoms with Crippen molar-refractivity contribution in [2.75, 3.05) is 31.1 Å². The lowest BCUT2D eigenvalue weighted by Crippen LogP contribution is -2.51. The Kier molecular flexibility index (Phi) is 3.70. The number of alkyl halides is 1. The summed E-state index contributed by atoms with van der Waals surface area (Å²) in [5.74, 6) is 0.499. The molecule has 0 radical (unpaired) electrons. The number of carbonyl (C=O) groups excluding carboxylic acids is 1. The van der Waals surface area contributed by atoms with Gasteiger partial charge in [0, 0.05) is 38.6 Å². The quantitative estimate of drug-likeness (QED) is 0.837. The fourth-order valence-corrected chi connectivity index (χ4v) is 4.10. The van der Waals surface area contributed by atoms with Crippen molar-refractivity contribution < 1.29 is 9.18 Å². The molecule has 0 aromatic carbocycles. The molecule has 1 spiro atoms. The standard InChI is InChI=1S/C17H23FN4O/c18-14-11-13(14)15(23)21-9-4-17(5-10-21)3-1-8-22(12-17)16-19-6-2-7-20-16/h2,6-7,13-14H,1,3-5,8-12H2/t13-,14-/m1/s1. The van der Waals surface area contributed by atoms with E-state index in [4.69, 9.17) is 0 Å². The molecule has 3 heterocycles. The van der Waals surface area contributed by atoms with E-state index in [1.165, 1.54) is 6.42 Å². The van der Waals surface area contributed by atoms with Gasteiger partial charge in [0.2, 0.25) is 11.9 Å². The first-order valence-corrected chi connectivity index (χ1v) is 8.62. The summed E-state index contributed by atoms with van der Waals surface area (Å²) < 4.78 is 13.1. The van der Waals surface area contributed by atoms with Crippen molar-refractivity contribution in [2.24, 2.45) is 11.3 Å². The Balaban J connectivity index is 1.39. The molecule has 1 aliphatic carbocycles. The van der Waals surface area contributed by atoms with E-state index < -0.39 is 6.17 Å². The Morgan fingerprint density at radius 1 is 1.17 bits per heavy atom. The average molecular weight is 318 g/mol. The number of carbonyl (C=O) groups is 1. The zero-order valence-electron chi connectivity index (χ0n) is 13.3. The molecule has 2 saturated heterocycles. The highest BCUT2D eigenvalue weighted by molar-refractivity contribution is 5.82. The summed E-state index contributed by atoms with van der Waals surface area (Å²) in [5, 5.41) is 0. The summed E-state index contributed by atoms with van der Waals surface area (Å²) in [7, 11) is 0. The number of anilines is 1. The molecular weight excluding hydrogens is 295 g/mol. The molecule has 0 N–H and O–H groups in total. The molecule has 1 aromatic heterocycles. The monoisotopic (exact) mass is 318 g/mol. The average Bonchev–Trinajstić information content (AvgIpc) is 3.33. The van der Waals surface area contributed by atoms with Gasteiger partial charge < -0.3 is 9.80 Å². The summed E-state index contributed by atoms with van der Waals surface area (Å²) >= 11 is 0. The lowest BCUT2D eigenvalue weighted by Gasteiger charge is -2.47. The number of piperidine rings is 2. The maximum Gasteiger partial charge on any atom is 0.228 e. The third-order valence-electron chi connectivity index (χ3n) is 5.66. The molecule has 5 nitrogen and oxygen atoms in total. The van der Waals surface area contributed by atoms with Crippen LogP contribution in [-0.4, -0.2) is 53.1 Å². The van der Waals surface area contributed by atoms with Crippen LogP contribution in [0.1, 0.15) is 32.1 Å². The smallest absolute Gasteiger partial charge is 0.228 e. The topological polar surface area (TPSA) is 49.3 Å². The van der Waals surface area contributed by atoms with Crippen LogP contribution in [0.4, 0.5) is 10.3 Å². The largest absolute Gasteiger partial charge is 0.342 e. The summed E-state index contributed by atoms with van der Waals surface area (Å²) in [6.07, 6.45) is 7.46. The summed E-state index contributed by atoms with van der Waals surface area (Å²) in [4.78, 5) is 25.1. The summed E-state index contributed by atoms with van der Waals surface area (Å²) in [6.45, 7) is 3.51. The van der Waals surface area contributed by atoms with E-state index in [-0.39, 0.29) is 17.2 Å². The van der Waals surface area contributed by atoms with E-state index in [2.05, 4.69) is 14.9 Å². The second kappa shape index (κ2) is 5.73. The normalized spacial score (nSPS) is 29.6. The molecule has 1 amide bonds. The molecule has 2 atom stereocenters. The Morgan fingerprint density at radius 3 is 2.52 bits per heavy atom. The Labute approximate surface area is 135 Å². The van der Waals surface area contributed by atoms with E-state index in [1.807, 2.05) is 11.0 Å². The maximum atomic E-state index is 13.1. The van der Waals surface area contributed by atoms with E-state index >= 15 is 0 Å². The Hall–Kier alpha value is -1.72. The number of rotatable bonds is 2. The predicted octanol–water partition coefficient (Wildman–Crippen LogP) is 2.04. The van der Waals surface area contributed by atoms with Gasteiger partial charge in [0.1, 0.15) is 6.17 Å². The molecule has 124 valence electrons. The maximum absolute atomic E-state index is 13.1. The van der Waals surface area contributed by atoms with Gasteiger partial charge in [0.05, 0.1) is 5.92 Å². The first-order chi connectivity index (χ1) is 11.2. The lowest BCUT2D eigenvalue weighted by atomic mass is 9.72.